The Labute approximate surface area is 104 Å². The quantitative estimate of drug-likeness (QED) is 0.685. The zero-order chi connectivity index (χ0) is 13.5. The topological polar surface area (TPSA) is 100.0 Å². The fraction of sp³-hybridized carbons (Fsp3) is 0.364. The molecule has 0 aromatic carbocycles. The summed E-state index contributed by atoms with van der Waals surface area (Å²) < 4.78 is 0. The lowest BCUT2D eigenvalue weighted by atomic mass is 10.3. The van der Waals surface area contributed by atoms with Crippen molar-refractivity contribution in [3.63, 3.8) is 0 Å². The molecule has 7 heteroatoms. The summed E-state index contributed by atoms with van der Waals surface area (Å²) in [4.78, 5) is 31.2. The van der Waals surface area contributed by atoms with Crippen LogP contribution in [0.4, 0.5) is 0 Å². The summed E-state index contributed by atoms with van der Waals surface area (Å²) in [5.41, 5.74) is 0.0676. The Morgan fingerprint density at radius 1 is 1.50 bits per heavy atom. The molecule has 1 aromatic rings. The predicted molar refractivity (Wildman–Crippen MR) is 60.5 cm³/mol. The molecule has 0 unspecified atom stereocenters. The van der Waals surface area contributed by atoms with E-state index in [0.29, 0.717) is 0 Å². The molecule has 1 aromatic heterocycles. The van der Waals surface area contributed by atoms with Gasteiger partial charge in [0.15, 0.2) is 6.04 Å². The van der Waals surface area contributed by atoms with E-state index in [1.807, 2.05) is 0 Å². The molecule has 0 amide bonds. The number of aliphatic carboxylic acids is 1. The van der Waals surface area contributed by atoms with Gasteiger partial charge in [-0.05, 0) is 19.1 Å². The van der Waals surface area contributed by atoms with E-state index >= 15 is 0 Å². The van der Waals surface area contributed by atoms with Gasteiger partial charge in [0.1, 0.15) is 5.69 Å². The number of carboxylic acids is 1. The number of hydrogen-bond donors (Lipinski definition) is 2. The van der Waals surface area contributed by atoms with E-state index in [-0.39, 0.29) is 12.2 Å². The summed E-state index contributed by atoms with van der Waals surface area (Å²) in [6.45, 7) is 1.09. The Kier molecular flexibility index (Phi) is 5.22. The highest BCUT2D eigenvalue weighted by molar-refractivity contribution is 5.87. The van der Waals surface area contributed by atoms with Gasteiger partial charge in [0, 0.05) is 12.7 Å². The molecule has 0 aliphatic rings. The van der Waals surface area contributed by atoms with Crippen molar-refractivity contribution >= 4 is 11.9 Å². The Balaban J connectivity index is 2.74. The van der Waals surface area contributed by atoms with Gasteiger partial charge in [-0.3, -0.25) is 4.79 Å². The van der Waals surface area contributed by atoms with Crippen LogP contribution in [0, 0.1) is 0 Å². The lowest BCUT2D eigenvalue weighted by molar-refractivity contribution is -0.175. The van der Waals surface area contributed by atoms with Crippen LogP contribution in [-0.4, -0.2) is 51.4 Å². The summed E-state index contributed by atoms with van der Waals surface area (Å²) in [6, 6.07) is 3.41. The maximum Gasteiger partial charge on any atom is 0.375 e. The second-order valence-corrected chi connectivity index (χ2v) is 3.36. The van der Waals surface area contributed by atoms with Crippen molar-refractivity contribution in [1.82, 2.24) is 10.0 Å². The average molecular weight is 254 g/mol. The van der Waals surface area contributed by atoms with E-state index in [1.54, 1.807) is 19.1 Å². The monoisotopic (exact) mass is 254 g/mol. The SMILES string of the molecule is CCN(OC(=O)c1ccccn1)[C@@H](CO)C(=O)O. The molecule has 0 aliphatic carbocycles. The second kappa shape index (κ2) is 6.67. The number of aromatic nitrogens is 1. The molecule has 1 atom stereocenters. The van der Waals surface area contributed by atoms with Crippen LogP contribution in [-0.2, 0) is 9.63 Å². The maximum atomic E-state index is 11.7. The standard InChI is InChI=1S/C11H14N2O5/c1-2-13(9(7-14)10(15)16)18-11(17)8-5-3-4-6-12-8/h3-6,9,14H,2,7H2,1H3,(H,15,16)/t9-/m0/s1. The van der Waals surface area contributed by atoms with E-state index in [9.17, 15) is 9.59 Å². The summed E-state index contributed by atoms with van der Waals surface area (Å²) in [5, 5.41) is 18.7. The van der Waals surface area contributed by atoms with E-state index in [1.165, 1.54) is 12.3 Å². The van der Waals surface area contributed by atoms with E-state index in [4.69, 9.17) is 15.1 Å². The van der Waals surface area contributed by atoms with Gasteiger partial charge >= 0.3 is 11.9 Å². The number of carbonyl (C=O) groups excluding carboxylic acids is 1. The molecule has 7 nitrogen and oxygen atoms in total. The van der Waals surface area contributed by atoms with Crippen molar-refractivity contribution in [3.05, 3.63) is 30.1 Å². The van der Waals surface area contributed by atoms with Gasteiger partial charge in [-0.1, -0.05) is 6.07 Å². The van der Waals surface area contributed by atoms with Crippen LogP contribution in [0.25, 0.3) is 0 Å². The lowest BCUT2D eigenvalue weighted by Crippen LogP contribution is -2.44. The molecule has 0 saturated heterocycles. The fourth-order valence-electron chi connectivity index (χ4n) is 1.28. The van der Waals surface area contributed by atoms with Gasteiger partial charge in [0.25, 0.3) is 0 Å². The van der Waals surface area contributed by atoms with Crippen LogP contribution in [0.15, 0.2) is 24.4 Å². The van der Waals surface area contributed by atoms with Crippen molar-refractivity contribution in [2.24, 2.45) is 0 Å². The van der Waals surface area contributed by atoms with Crippen LogP contribution >= 0.6 is 0 Å². The molecule has 98 valence electrons. The molecule has 0 aliphatic heterocycles. The first kappa shape index (κ1) is 14.1. The zero-order valence-electron chi connectivity index (χ0n) is 9.81. The smallest absolute Gasteiger partial charge is 0.375 e. The van der Waals surface area contributed by atoms with Crippen molar-refractivity contribution in [3.8, 4) is 0 Å². The Morgan fingerprint density at radius 3 is 2.67 bits per heavy atom. The number of hydrogen-bond acceptors (Lipinski definition) is 6. The summed E-state index contributed by atoms with van der Waals surface area (Å²) in [7, 11) is 0. The number of aliphatic hydroxyl groups excluding tert-OH is 1. The predicted octanol–water partition coefficient (Wildman–Crippen LogP) is -0.0792. The largest absolute Gasteiger partial charge is 0.480 e. The summed E-state index contributed by atoms with van der Waals surface area (Å²) >= 11 is 0. The Bertz CT molecular complexity index is 409. The first-order valence-electron chi connectivity index (χ1n) is 5.33. The van der Waals surface area contributed by atoms with Gasteiger partial charge < -0.3 is 15.1 Å². The van der Waals surface area contributed by atoms with Gasteiger partial charge in [-0.25, -0.2) is 9.78 Å². The van der Waals surface area contributed by atoms with Crippen LogP contribution in [0.3, 0.4) is 0 Å². The minimum Gasteiger partial charge on any atom is -0.480 e. The minimum absolute atomic E-state index is 0.0676. The highest BCUT2D eigenvalue weighted by atomic mass is 16.7. The highest BCUT2D eigenvalue weighted by Crippen LogP contribution is 2.05. The number of likely N-dealkylation sites (N-methyl/N-ethyl adjacent to an activating group) is 1. The molecule has 1 heterocycles. The first-order chi connectivity index (χ1) is 8.60. The molecule has 0 fully saturated rings. The zero-order valence-corrected chi connectivity index (χ0v) is 9.81. The van der Waals surface area contributed by atoms with Crippen LogP contribution in [0.1, 0.15) is 17.4 Å². The normalized spacial score (nSPS) is 12.2. The minimum atomic E-state index is -1.29. The number of pyridine rings is 1. The highest BCUT2D eigenvalue weighted by Gasteiger charge is 2.27. The lowest BCUT2D eigenvalue weighted by Gasteiger charge is -2.24. The second-order valence-electron chi connectivity index (χ2n) is 3.36. The Morgan fingerprint density at radius 2 is 2.22 bits per heavy atom. The molecule has 0 saturated carbocycles. The molecule has 18 heavy (non-hydrogen) atoms. The van der Waals surface area contributed by atoms with Crippen LogP contribution in [0.5, 0.6) is 0 Å². The van der Waals surface area contributed by atoms with Gasteiger partial charge in [0.2, 0.25) is 0 Å². The van der Waals surface area contributed by atoms with Crippen molar-refractivity contribution < 1.29 is 24.6 Å². The van der Waals surface area contributed by atoms with E-state index in [2.05, 4.69) is 4.98 Å². The number of aliphatic hydroxyl groups is 1. The molecule has 0 spiro atoms. The van der Waals surface area contributed by atoms with E-state index < -0.39 is 24.6 Å². The number of carboxylic acid groups (broad SMARTS) is 1. The maximum absolute atomic E-state index is 11.7. The van der Waals surface area contributed by atoms with Crippen molar-refractivity contribution in [2.45, 2.75) is 13.0 Å². The van der Waals surface area contributed by atoms with Gasteiger partial charge in [-0.15, -0.1) is 5.06 Å². The number of rotatable bonds is 6. The third kappa shape index (κ3) is 3.51. The molecule has 0 radical (unpaired) electrons. The number of nitrogens with zero attached hydrogens (tertiary/aromatic N) is 2. The van der Waals surface area contributed by atoms with Gasteiger partial charge in [-0.2, -0.15) is 0 Å². The molecular formula is C11H14N2O5. The summed E-state index contributed by atoms with van der Waals surface area (Å²) in [6.07, 6.45) is 1.42. The van der Waals surface area contributed by atoms with Crippen LogP contribution in [0.2, 0.25) is 0 Å². The third-order valence-corrected chi connectivity index (χ3v) is 2.19. The molecule has 2 N–H and O–H groups in total. The third-order valence-electron chi connectivity index (χ3n) is 2.19. The van der Waals surface area contributed by atoms with Crippen LogP contribution < -0.4 is 0 Å². The molecule has 1 rings (SSSR count). The first-order valence-corrected chi connectivity index (χ1v) is 5.33. The van der Waals surface area contributed by atoms with E-state index in [0.717, 1.165) is 5.06 Å². The van der Waals surface area contributed by atoms with Gasteiger partial charge in [0.05, 0.1) is 6.61 Å². The molecular weight excluding hydrogens is 240 g/mol. The average Bonchev–Trinajstić information content (AvgIpc) is 2.38. The van der Waals surface area contributed by atoms with Crippen molar-refractivity contribution in [1.29, 1.82) is 0 Å². The molecule has 0 bridgehead atoms. The fourth-order valence-corrected chi connectivity index (χ4v) is 1.28. The number of hydroxylamine groups is 2. The summed E-state index contributed by atoms with van der Waals surface area (Å²) in [5.74, 6) is -2.04. The van der Waals surface area contributed by atoms with Crippen molar-refractivity contribution in [2.75, 3.05) is 13.2 Å². The Hall–Kier alpha value is -1.99. The number of carbonyl (C=O) groups is 2.